The Bertz CT molecular complexity index is 1120. The van der Waals surface area contributed by atoms with Crippen molar-refractivity contribution < 1.29 is 4.79 Å². The molecule has 3 aromatic heterocycles. The molecule has 126 valence electrons. The summed E-state index contributed by atoms with van der Waals surface area (Å²) in [5.74, 6) is -0.472. The van der Waals surface area contributed by atoms with Crippen molar-refractivity contribution in [1.29, 1.82) is 0 Å². The summed E-state index contributed by atoms with van der Waals surface area (Å²) < 4.78 is 0. The Morgan fingerprint density at radius 3 is 2.85 bits per heavy atom. The summed E-state index contributed by atoms with van der Waals surface area (Å²) in [5.41, 5.74) is 10.6. The van der Waals surface area contributed by atoms with Gasteiger partial charge in [0, 0.05) is 41.2 Å². The van der Waals surface area contributed by atoms with Gasteiger partial charge < -0.3 is 10.7 Å². The summed E-state index contributed by atoms with van der Waals surface area (Å²) >= 11 is 0. The number of carbonyl (C=O) groups excluding carboxylic acids is 1. The second kappa shape index (κ2) is 6.60. The summed E-state index contributed by atoms with van der Waals surface area (Å²) in [6.45, 7) is 0. The van der Waals surface area contributed by atoms with Crippen molar-refractivity contribution in [1.82, 2.24) is 19.9 Å². The van der Waals surface area contributed by atoms with Gasteiger partial charge in [-0.1, -0.05) is 18.2 Å². The number of rotatable bonds is 4. The zero-order valence-corrected chi connectivity index (χ0v) is 13.8. The Morgan fingerprint density at radius 2 is 2.04 bits per heavy atom. The fourth-order valence-corrected chi connectivity index (χ4v) is 2.82. The van der Waals surface area contributed by atoms with E-state index >= 15 is 0 Å². The van der Waals surface area contributed by atoms with Crippen LogP contribution in [0.3, 0.4) is 0 Å². The van der Waals surface area contributed by atoms with E-state index in [2.05, 4.69) is 26.0 Å². The lowest BCUT2D eigenvalue weighted by Gasteiger charge is -2.04. The molecule has 0 saturated heterocycles. The molecule has 1 amide bonds. The molecule has 1 aromatic carbocycles. The van der Waals surface area contributed by atoms with Crippen molar-refractivity contribution in [2.45, 2.75) is 0 Å². The van der Waals surface area contributed by atoms with Crippen LogP contribution in [0.2, 0.25) is 0 Å². The highest BCUT2D eigenvalue weighted by Crippen LogP contribution is 2.30. The van der Waals surface area contributed by atoms with E-state index in [0.717, 1.165) is 39.0 Å². The van der Waals surface area contributed by atoms with Gasteiger partial charge >= 0.3 is 0 Å². The molecule has 0 unspecified atom stereocenters. The van der Waals surface area contributed by atoms with Crippen LogP contribution in [0.5, 0.6) is 0 Å². The molecule has 4 aromatic rings. The summed E-state index contributed by atoms with van der Waals surface area (Å²) in [6, 6.07) is 11.8. The molecule has 3 N–H and O–H groups in total. The van der Waals surface area contributed by atoms with Crippen molar-refractivity contribution in [3.8, 4) is 22.4 Å². The van der Waals surface area contributed by atoms with E-state index in [1.54, 1.807) is 12.3 Å². The SMILES string of the molecule is NC(=O)C=Cc1cccc(-c2cnc3[nH]cc(-c4ccncn4)c3c2)c1. The van der Waals surface area contributed by atoms with Gasteiger partial charge in [0.1, 0.15) is 12.0 Å². The molecule has 0 radical (unpaired) electrons. The third kappa shape index (κ3) is 3.08. The largest absolute Gasteiger partial charge is 0.366 e. The number of aromatic nitrogens is 4. The van der Waals surface area contributed by atoms with Crippen LogP contribution < -0.4 is 5.73 Å². The van der Waals surface area contributed by atoms with E-state index in [-0.39, 0.29) is 0 Å². The summed E-state index contributed by atoms with van der Waals surface area (Å²) in [6.07, 6.45) is 10.0. The highest BCUT2D eigenvalue weighted by atomic mass is 16.1. The number of nitrogens with one attached hydrogen (secondary N) is 1. The lowest BCUT2D eigenvalue weighted by Crippen LogP contribution is -2.05. The number of nitrogens with two attached hydrogens (primary N) is 1. The Balaban J connectivity index is 1.78. The minimum Gasteiger partial charge on any atom is -0.366 e. The number of carbonyl (C=O) groups is 1. The minimum atomic E-state index is -0.472. The third-order valence-electron chi connectivity index (χ3n) is 4.05. The number of hydrogen-bond acceptors (Lipinski definition) is 4. The van der Waals surface area contributed by atoms with Crippen LogP contribution >= 0.6 is 0 Å². The molecule has 6 heteroatoms. The number of H-pyrrole nitrogens is 1. The quantitative estimate of drug-likeness (QED) is 0.557. The van der Waals surface area contributed by atoms with Crippen molar-refractivity contribution in [2.75, 3.05) is 0 Å². The molecule has 4 rings (SSSR count). The van der Waals surface area contributed by atoms with Crippen LogP contribution in [-0.4, -0.2) is 25.8 Å². The standard InChI is InChI=1S/C20H15N5O/c21-19(26)5-4-13-2-1-3-14(8-13)15-9-16-17(11-24-20(16)23-10-15)18-6-7-22-12-25-18/h1-12H,(H2,21,26)(H,23,24). The summed E-state index contributed by atoms with van der Waals surface area (Å²) in [5, 5.41) is 0.985. The van der Waals surface area contributed by atoms with E-state index in [1.165, 1.54) is 12.4 Å². The summed E-state index contributed by atoms with van der Waals surface area (Å²) in [4.78, 5) is 26.9. The zero-order valence-electron chi connectivity index (χ0n) is 13.8. The zero-order chi connectivity index (χ0) is 17.9. The number of primary amides is 1. The second-order valence-corrected chi connectivity index (χ2v) is 5.78. The normalized spacial score (nSPS) is 11.2. The molecule has 0 saturated carbocycles. The predicted octanol–water partition coefficient (Wildman–Crippen LogP) is 3.19. The van der Waals surface area contributed by atoms with E-state index < -0.39 is 5.91 Å². The first-order chi connectivity index (χ1) is 12.7. The maximum atomic E-state index is 10.9. The molecule has 6 nitrogen and oxygen atoms in total. The maximum absolute atomic E-state index is 10.9. The molecule has 0 bridgehead atoms. The maximum Gasteiger partial charge on any atom is 0.241 e. The van der Waals surface area contributed by atoms with Crippen LogP contribution in [0.25, 0.3) is 39.5 Å². The highest BCUT2D eigenvalue weighted by molar-refractivity contribution is 5.95. The first kappa shape index (κ1) is 15.7. The van der Waals surface area contributed by atoms with Crippen molar-refractivity contribution >= 4 is 23.0 Å². The van der Waals surface area contributed by atoms with Gasteiger partial charge in [-0.2, -0.15) is 0 Å². The number of pyridine rings is 1. The van der Waals surface area contributed by atoms with Gasteiger partial charge in [-0.25, -0.2) is 15.0 Å². The minimum absolute atomic E-state index is 0.472. The molecular weight excluding hydrogens is 326 g/mol. The molecule has 0 fully saturated rings. The van der Waals surface area contributed by atoms with Crippen LogP contribution in [0.4, 0.5) is 0 Å². The highest BCUT2D eigenvalue weighted by Gasteiger charge is 2.10. The number of hydrogen-bond donors (Lipinski definition) is 2. The number of benzene rings is 1. The van der Waals surface area contributed by atoms with Crippen LogP contribution in [0.15, 0.2) is 67.4 Å². The van der Waals surface area contributed by atoms with Gasteiger partial charge in [0.2, 0.25) is 5.91 Å². The lowest BCUT2D eigenvalue weighted by atomic mass is 10.0. The third-order valence-corrected chi connectivity index (χ3v) is 4.05. The first-order valence-electron chi connectivity index (χ1n) is 8.02. The molecule has 0 spiro atoms. The topological polar surface area (TPSA) is 97.6 Å². The van der Waals surface area contributed by atoms with Crippen molar-refractivity contribution in [3.63, 3.8) is 0 Å². The average Bonchev–Trinajstić information content (AvgIpc) is 3.10. The molecule has 0 aliphatic heterocycles. The van der Waals surface area contributed by atoms with Gasteiger partial charge in [0.25, 0.3) is 0 Å². The number of amides is 1. The molecule has 0 aliphatic rings. The average molecular weight is 341 g/mol. The lowest BCUT2D eigenvalue weighted by molar-refractivity contribution is -0.113. The predicted molar refractivity (Wildman–Crippen MR) is 101 cm³/mol. The fourth-order valence-electron chi connectivity index (χ4n) is 2.82. The smallest absolute Gasteiger partial charge is 0.241 e. The van der Waals surface area contributed by atoms with E-state index in [0.29, 0.717) is 0 Å². The van der Waals surface area contributed by atoms with Crippen LogP contribution in [0.1, 0.15) is 5.56 Å². The molecule has 26 heavy (non-hydrogen) atoms. The Morgan fingerprint density at radius 1 is 1.12 bits per heavy atom. The Labute approximate surface area is 149 Å². The summed E-state index contributed by atoms with van der Waals surface area (Å²) in [7, 11) is 0. The van der Waals surface area contributed by atoms with Gasteiger partial charge in [-0.05, 0) is 35.4 Å². The van der Waals surface area contributed by atoms with Gasteiger partial charge in [-0.15, -0.1) is 0 Å². The number of nitrogens with zero attached hydrogens (tertiary/aromatic N) is 3. The van der Waals surface area contributed by atoms with E-state index in [9.17, 15) is 4.79 Å². The molecule has 3 heterocycles. The first-order valence-corrected chi connectivity index (χ1v) is 8.02. The van der Waals surface area contributed by atoms with Crippen molar-refractivity contribution in [2.24, 2.45) is 5.73 Å². The second-order valence-electron chi connectivity index (χ2n) is 5.78. The molecule has 0 aliphatic carbocycles. The van der Waals surface area contributed by atoms with Gasteiger partial charge in [0.05, 0.1) is 5.69 Å². The monoisotopic (exact) mass is 341 g/mol. The Kier molecular flexibility index (Phi) is 3.99. The number of aromatic amines is 1. The van der Waals surface area contributed by atoms with E-state index in [4.69, 9.17) is 5.73 Å². The molecule has 0 atom stereocenters. The number of fused-ring (bicyclic) bond motifs is 1. The van der Waals surface area contributed by atoms with E-state index in [1.807, 2.05) is 42.7 Å². The van der Waals surface area contributed by atoms with Crippen LogP contribution in [-0.2, 0) is 4.79 Å². The van der Waals surface area contributed by atoms with Gasteiger partial charge in [-0.3, -0.25) is 4.79 Å². The Hall–Kier alpha value is -3.80. The van der Waals surface area contributed by atoms with Crippen molar-refractivity contribution in [3.05, 3.63) is 73.0 Å². The fraction of sp³-hybridized carbons (Fsp3) is 0. The molecular formula is C20H15N5O. The van der Waals surface area contributed by atoms with Gasteiger partial charge in [0.15, 0.2) is 0 Å². The van der Waals surface area contributed by atoms with Crippen LogP contribution in [0, 0.1) is 0 Å².